The Balaban J connectivity index is 1.68. The van der Waals surface area contributed by atoms with Crippen molar-refractivity contribution in [3.63, 3.8) is 0 Å². The van der Waals surface area contributed by atoms with Crippen molar-refractivity contribution in [1.29, 1.82) is 0 Å². The number of rotatable bonds is 8. The summed E-state index contributed by atoms with van der Waals surface area (Å²) in [5.74, 6) is -0.536. The van der Waals surface area contributed by atoms with Crippen molar-refractivity contribution in [2.45, 2.75) is 34.2 Å². The maximum atomic E-state index is 12.6. The van der Waals surface area contributed by atoms with Crippen LogP contribution in [0.3, 0.4) is 0 Å². The Morgan fingerprint density at radius 2 is 1.47 bits per heavy atom. The summed E-state index contributed by atoms with van der Waals surface area (Å²) in [6, 6.07) is 19.4. The number of aryl methyl sites for hydroxylation is 2. The first kappa shape index (κ1) is 26.6. The molecule has 8 nitrogen and oxygen atoms in total. The summed E-state index contributed by atoms with van der Waals surface area (Å²) in [5, 5.41) is 6.86. The zero-order valence-electron chi connectivity index (χ0n) is 21.0. The molecule has 0 atom stereocenters. The second-order valence-electron chi connectivity index (χ2n) is 8.63. The molecular formula is C27H30N4O4S. The topological polar surface area (TPSA) is 108 Å². The highest BCUT2D eigenvalue weighted by molar-refractivity contribution is 7.92. The normalized spacial score (nSPS) is 11.6. The Hall–Kier alpha value is -3.98. The maximum Gasteiger partial charge on any atom is 0.271 e. The van der Waals surface area contributed by atoms with Crippen LogP contribution >= 0.6 is 0 Å². The predicted molar refractivity (Wildman–Crippen MR) is 144 cm³/mol. The fraction of sp³-hybridized carbons (Fsp3) is 0.222. The van der Waals surface area contributed by atoms with Gasteiger partial charge in [0.2, 0.25) is 15.9 Å². The lowest BCUT2D eigenvalue weighted by Crippen LogP contribution is -2.29. The first-order valence-corrected chi connectivity index (χ1v) is 13.2. The van der Waals surface area contributed by atoms with Gasteiger partial charge in [-0.3, -0.25) is 13.9 Å². The van der Waals surface area contributed by atoms with Gasteiger partial charge in [-0.1, -0.05) is 30.3 Å². The zero-order chi connectivity index (χ0) is 26.5. The molecule has 2 amide bonds. The molecule has 0 aliphatic heterocycles. The molecule has 3 aromatic rings. The first-order valence-electron chi connectivity index (χ1n) is 11.3. The molecule has 0 bridgehead atoms. The Bertz CT molecular complexity index is 1400. The summed E-state index contributed by atoms with van der Waals surface area (Å²) in [4.78, 5) is 23.7. The summed E-state index contributed by atoms with van der Waals surface area (Å²) in [5.41, 5.74) is 8.45. The Labute approximate surface area is 212 Å². The molecule has 0 aromatic heterocycles. The van der Waals surface area contributed by atoms with Gasteiger partial charge >= 0.3 is 0 Å². The SMILES string of the molecule is CC(=O)Nc1ccc(/C(C)=N\NC(=O)c2ccc(CN(c3ccc(C)c(C)c3)S(C)(=O)=O)cc2)cc1. The Kier molecular flexibility index (Phi) is 8.26. The molecular weight excluding hydrogens is 476 g/mol. The van der Waals surface area contributed by atoms with E-state index in [9.17, 15) is 18.0 Å². The molecule has 0 saturated carbocycles. The van der Waals surface area contributed by atoms with Crippen LogP contribution < -0.4 is 15.0 Å². The third-order valence-corrected chi connectivity index (χ3v) is 6.81. The molecule has 3 rings (SSSR count). The molecule has 0 fully saturated rings. The number of carbonyl (C=O) groups excluding carboxylic acids is 2. The third-order valence-electron chi connectivity index (χ3n) is 5.67. The van der Waals surface area contributed by atoms with Crippen molar-refractivity contribution in [1.82, 2.24) is 5.43 Å². The molecule has 0 radical (unpaired) electrons. The van der Waals surface area contributed by atoms with Gasteiger partial charge < -0.3 is 5.32 Å². The minimum Gasteiger partial charge on any atom is -0.326 e. The van der Waals surface area contributed by atoms with Crippen LogP contribution in [0.25, 0.3) is 0 Å². The highest BCUT2D eigenvalue weighted by atomic mass is 32.2. The molecule has 9 heteroatoms. The number of hydrogen-bond donors (Lipinski definition) is 2. The second kappa shape index (κ2) is 11.2. The minimum atomic E-state index is -3.51. The smallest absolute Gasteiger partial charge is 0.271 e. The summed E-state index contributed by atoms with van der Waals surface area (Å²) in [6.07, 6.45) is 1.18. The number of carbonyl (C=O) groups is 2. The summed E-state index contributed by atoms with van der Waals surface area (Å²) < 4.78 is 26.3. The third kappa shape index (κ3) is 7.02. The number of nitrogens with zero attached hydrogens (tertiary/aromatic N) is 2. The zero-order valence-corrected chi connectivity index (χ0v) is 21.8. The van der Waals surface area contributed by atoms with Crippen molar-refractivity contribution in [2.75, 3.05) is 15.9 Å². The van der Waals surface area contributed by atoms with E-state index in [0.29, 0.717) is 22.6 Å². The van der Waals surface area contributed by atoms with Crippen molar-refractivity contribution < 1.29 is 18.0 Å². The van der Waals surface area contributed by atoms with E-state index in [4.69, 9.17) is 0 Å². The Morgan fingerprint density at radius 3 is 2.03 bits per heavy atom. The standard InChI is InChI=1S/C27H30N4O4S/c1-18-6-15-26(16-19(18)2)31(36(5,34)35)17-22-7-9-24(10-8-22)27(33)30-29-20(3)23-11-13-25(14-12-23)28-21(4)32/h6-16H,17H2,1-5H3,(H,28,32)(H,30,33)/b29-20-. The fourth-order valence-electron chi connectivity index (χ4n) is 3.47. The first-order chi connectivity index (χ1) is 16.9. The van der Waals surface area contributed by atoms with E-state index in [-0.39, 0.29) is 18.4 Å². The van der Waals surface area contributed by atoms with Crippen LogP contribution in [0.15, 0.2) is 71.8 Å². The number of hydrogen-bond acceptors (Lipinski definition) is 5. The van der Waals surface area contributed by atoms with Gasteiger partial charge in [-0.2, -0.15) is 5.10 Å². The van der Waals surface area contributed by atoms with E-state index >= 15 is 0 Å². The molecule has 36 heavy (non-hydrogen) atoms. The van der Waals surface area contributed by atoms with Crippen molar-refractivity contribution >= 4 is 38.9 Å². The van der Waals surface area contributed by atoms with Gasteiger partial charge in [-0.05, 0) is 79.4 Å². The quantitative estimate of drug-likeness (QED) is 0.349. The van der Waals surface area contributed by atoms with E-state index in [1.54, 1.807) is 61.5 Å². The second-order valence-corrected chi connectivity index (χ2v) is 10.5. The van der Waals surface area contributed by atoms with Gasteiger partial charge in [-0.15, -0.1) is 0 Å². The lowest BCUT2D eigenvalue weighted by atomic mass is 10.1. The van der Waals surface area contributed by atoms with Crippen LogP contribution in [0.1, 0.15) is 46.5 Å². The van der Waals surface area contributed by atoms with E-state index in [1.807, 2.05) is 26.0 Å². The van der Waals surface area contributed by atoms with E-state index in [1.165, 1.54) is 17.5 Å². The monoisotopic (exact) mass is 506 g/mol. The van der Waals surface area contributed by atoms with Gasteiger partial charge in [-0.25, -0.2) is 13.8 Å². The van der Waals surface area contributed by atoms with E-state index in [0.717, 1.165) is 22.3 Å². The maximum absolute atomic E-state index is 12.6. The van der Waals surface area contributed by atoms with Crippen LogP contribution in [0, 0.1) is 13.8 Å². The average molecular weight is 507 g/mol. The van der Waals surface area contributed by atoms with Crippen molar-refractivity contribution in [2.24, 2.45) is 5.10 Å². The van der Waals surface area contributed by atoms with Crippen LogP contribution in [0.2, 0.25) is 0 Å². The number of nitrogens with one attached hydrogen (secondary N) is 2. The van der Waals surface area contributed by atoms with Gasteiger partial charge in [0.25, 0.3) is 5.91 Å². The van der Waals surface area contributed by atoms with Crippen molar-refractivity contribution in [3.8, 4) is 0 Å². The predicted octanol–water partition coefficient (Wildman–Crippen LogP) is 4.38. The molecule has 0 aliphatic carbocycles. The lowest BCUT2D eigenvalue weighted by Gasteiger charge is -2.23. The number of hydrazone groups is 1. The molecule has 188 valence electrons. The highest BCUT2D eigenvalue weighted by Crippen LogP contribution is 2.23. The molecule has 0 heterocycles. The van der Waals surface area contributed by atoms with Crippen molar-refractivity contribution in [3.05, 3.63) is 94.5 Å². The largest absolute Gasteiger partial charge is 0.326 e. The molecule has 0 unspecified atom stereocenters. The number of anilines is 2. The minimum absolute atomic E-state index is 0.148. The van der Waals surface area contributed by atoms with Crippen LogP contribution in [0.4, 0.5) is 11.4 Å². The molecule has 0 aliphatic rings. The van der Waals surface area contributed by atoms with Gasteiger partial charge in [0.1, 0.15) is 0 Å². The average Bonchev–Trinajstić information content (AvgIpc) is 2.82. The van der Waals surface area contributed by atoms with Gasteiger partial charge in [0, 0.05) is 18.2 Å². The highest BCUT2D eigenvalue weighted by Gasteiger charge is 2.18. The molecule has 0 saturated heterocycles. The summed E-state index contributed by atoms with van der Waals surface area (Å²) >= 11 is 0. The van der Waals surface area contributed by atoms with E-state index in [2.05, 4.69) is 15.8 Å². The molecule has 2 N–H and O–H groups in total. The van der Waals surface area contributed by atoms with Crippen LogP contribution in [0.5, 0.6) is 0 Å². The number of amides is 2. The van der Waals surface area contributed by atoms with E-state index < -0.39 is 10.0 Å². The summed E-state index contributed by atoms with van der Waals surface area (Å²) in [6.45, 7) is 7.27. The Morgan fingerprint density at radius 1 is 0.861 bits per heavy atom. The summed E-state index contributed by atoms with van der Waals surface area (Å²) in [7, 11) is -3.51. The number of sulfonamides is 1. The lowest BCUT2D eigenvalue weighted by molar-refractivity contribution is -0.114. The molecule has 3 aromatic carbocycles. The van der Waals surface area contributed by atoms with Crippen LogP contribution in [-0.4, -0.2) is 32.2 Å². The van der Waals surface area contributed by atoms with Crippen LogP contribution in [-0.2, 0) is 21.4 Å². The van der Waals surface area contributed by atoms with Gasteiger partial charge in [0.05, 0.1) is 24.2 Å². The molecule has 0 spiro atoms. The number of benzene rings is 3. The van der Waals surface area contributed by atoms with Gasteiger partial charge in [0.15, 0.2) is 0 Å². The fourth-order valence-corrected chi connectivity index (χ4v) is 4.35.